The average molecular weight is 280 g/mol. The van der Waals surface area contributed by atoms with Crippen LogP contribution in [0.5, 0.6) is 0 Å². The molecule has 105 valence electrons. The second-order valence-electron chi connectivity index (χ2n) is 4.90. The normalized spacial score (nSPS) is 15.7. The summed E-state index contributed by atoms with van der Waals surface area (Å²) in [6, 6.07) is 0. The maximum atomic E-state index is 11.9. The minimum absolute atomic E-state index is 0.351. The number of thioether (sulfide) groups is 1. The van der Waals surface area contributed by atoms with Crippen molar-refractivity contribution in [3.05, 3.63) is 18.7 Å². The van der Waals surface area contributed by atoms with Gasteiger partial charge in [-0.05, 0) is 12.8 Å². The van der Waals surface area contributed by atoms with Gasteiger partial charge < -0.3 is 9.47 Å². The molecule has 1 amide bonds. The number of carbonyl (C=O) groups is 1. The first-order valence-electron chi connectivity index (χ1n) is 7.09. The van der Waals surface area contributed by atoms with E-state index in [1.165, 1.54) is 6.42 Å². The Bertz CT molecular complexity index is 361. The van der Waals surface area contributed by atoms with E-state index in [2.05, 4.69) is 15.7 Å². The highest BCUT2D eigenvalue weighted by Gasteiger charge is 2.15. The van der Waals surface area contributed by atoms with E-state index in [0.717, 1.165) is 56.8 Å². The van der Waals surface area contributed by atoms with Crippen LogP contribution in [-0.2, 0) is 11.3 Å². The molecule has 19 heavy (non-hydrogen) atoms. The topological polar surface area (TPSA) is 38.1 Å². The van der Waals surface area contributed by atoms with Gasteiger partial charge in [0.15, 0.2) is 0 Å². The maximum absolute atomic E-state index is 11.9. The van der Waals surface area contributed by atoms with Crippen molar-refractivity contribution in [2.24, 2.45) is 0 Å². The zero-order valence-corrected chi connectivity index (χ0v) is 12.2. The van der Waals surface area contributed by atoms with Crippen molar-refractivity contribution in [2.75, 3.05) is 24.6 Å². The number of aromatic nitrogens is 2. The SMILES string of the molecule is O=C(CCCCCCn1c[c]nc1)N1CCSCC1. The molecule has 0 spiro atoms. The van der Waals surface area contributed by atoms with Crippen LogP contribution >= 0.6 is 11.8 Å². The van der Waals surface area contributed by atoms with Crippen LogP contribution in [0.2, 0.25) is 0 Å². The van der Waals surface area contributed by atoms with Gasteiger partial charge in [0.05, 0.1) is 6.33 Å². The third-order valence-corrected chi connectivity index (χ3v) is 4.37. The molecule has 1 aromatic heterocycles. The Morgan fingerprint density at radius 3 is 2.74 bits per heavy atom. The van der Waals surface area contributed by atoms with Gasteiger partial charge >= 0.3 is 0 Å². The van der Waals surface area contributed by atoms with Gasteiger partial charge in [-0.3, -0.25) is 4.79 Å². The predicted octanol–water partition coefficient (Wildman–Crippen LogP) is 2.21. The fourth-order valence-electron chi connectivity index (χ4n) is 2.27. The largest absolute Gasteiger partial charge is 0.341 e. The average Bonchev–Trinajstić information content (AvgIpc) is 2.96. The quantitative estimate of drug-likeness (QED) is 0.719. The van der Waals surface area contributed by atoms with Crippen molar-refractivity contribution in [1.82, 2.24) is 14.5 Å². The summed E-state index contributed by atoms with van der Waals surface area (Å²) in [6.45, 7) is 2.90. The zero-order chi connectivity index (χ0) is 13.3. The predicted molar refractivity (Wildman–Crippen MR) is 78.1 cm³/mol. The Balaban J connectivity index is 1.48. The Kier molecular flexibility index (Phi) is 6.27. The molecule has 0 aliphatic carbocycles. The molecule has 2 rings (SSSR count). The first-order chi connectivity index (χ1) is 9.36. The van der Waals surface area contributed by atoms with Gasteiger partial charge in [0.25, 0.3) is 0 Å². The first kappa shape index (κ1) is 14.4. The van der Waals surface area contributed by atoms with Crippen LogP contribution in [0.4, 0.5) is 0 Å². The summed E-state index contributed by atoms with van der Waals surface area (Å²) < 4.78 is 2.05. The van der Waals surface area contributed by atoms with E-state index in [4.69, 9.17) is 0 Å². The molecule has 1 aromatic rings. The van der Waals surface area contributed by atoms with E-state index >= 15 is 0 Å². The molecule has 1 aliphatic rings. The van der Waals surface area contributed by atoms with E-state index < -0.39 is 0 Å². The number of aryl methyl sites for hydroxylation is 1. The van der Waals surface area contributed by atoms with Crippen LogP contribution in [0.3, 0.4) is 0 Å². The third kappa shape index (κ3) is 5.27. The summed E-state index contributed by atoms with van der Waals surface area (Å²) in [4.78, 5) is 17.8. The summed E-state index contributed by atoms with van der Waals surface area (Å²) >= 11 is 1.95. The highest BCUT2D eigenvalue weighted by atomic mass is 32.2. The fourth-order valence-corrected chi connectivity index (χ4v) is 3.17. The van der Waals surface area contributed by atoms with E-state index in [-0.39, 0.29) is 0 Å². The number of hydrogen-bond acceptors (Lipinski definition) is 3. The molecule has 0 bridgehead atoms. The van der Waals surface area contributed by atoms with Gasteiger partial charge in [-0.25, -0.2) is 4.98 Å². The molecule has 0 aromatic carbocycles. The van der Waals surface area contributed by atoms with Crippen LogP contribution in [0.1, 0.15) is 32.1 Å². The van der Waals surface area contributed by atoms with E-state index in [1.54, 1.807) is 6.33 Å². The number of carbonyl (C=O) groups excluding carboxylic acids is 1. The van der Waals surface area contributed by atoms with Gasteiger partial charge in [0, 0.05) is 43.8 Å². The van der Waals surface area contributed by atoms with Crippen molar-refractivity contribution >= 4 is 17.7 Å². The van der Waals surface area contributed by atoms with Crippen LogP contribution in [-0.4, -0.2) is 45.0 Å². The van der Waals surface area contributed by atoms with E-state index in [1.807, 2.05) is 22.9 Å². The Hall–Kier alpha value is -0.970. The smallest absolute Gasteiger partial charge is 0.222 e. The number of unbranched alkanes of at least 4 members (excludes halogenated alkanes) is 3. The standard InChI is InChI=1S/C14H22N3OS/c18-14(17-9-11-19-12-10-17)5-3-1-2-4-7-16-8-6-15-13-16/h8,13H,1-5,7,9-12H2. The molecule has 4 nitrogen and oxygen atoms in total. The third-order valence-electron chi connectivity index (χ3n) is 3.42. The van der Waals surface area contributed by atoms with Crippen molar-refractivity contribution in [1.29, 1.82) is 0 Å². The van der Waals surface area contributed by atoms with Crippen LogP contribution in [0.25, 0.3) is 0 Å². The molecular weight excluding hydrogens is 258 g/mol. The van der Waals surface area contributed by atoms with Crippen molar-refractivity contribution < 1.29 is 4.79 Å². The van der Waals surface area contributed by atoms with Gasteiger partial charge in [-0.2, -0.15) is 11.8 Å². The van der Waals surface area contributed by atoms with Crippen molar-refractivity contribution in [2.45, 2.75) is 38.6 Å². The minimum Gasteiger partial charge on any atom is -0.341 e. The molecule has 1 aliphatic heterocycles. The monoisotopic (exact) mass is 280 g/mol. The first-order valence-corrected chi connectivity index (χ1v) is 8.25. The fraction of sp³-hybridized carbons (Fsp3) is 0.714. The summed E-state index contributed by atoms with van der Waals surface area (Å²) in [5.74, 6) is 2.56. The van der Waals surface area contributed by atoms with Crippen LogP contribution < -0.4 is 0 Å². The van der Waals surface area contributed by atoms with Gasteiger partial charge in [0.1, 0.15) is 6.20 Å². The summed E-state index contributed by atoms with van der Waals surface area (Å²) in [5, 5.41) is 0. The molecular formula is C14H22N3OS. The summed E-state index contributed by atoms with van der Waals surface area (Å²) in [7, 11) is 0. The molecule has 1 saturated heterocycles. The highest BCUT2D eigenvalue weighted by molar-refractivity contribution is 7.99. The molecule has 1 radical (unpaired) electrons. The van der Waals surface area contributed by atoms with Crippen molar-refractivity contribution in [3.8, 4) is 0 Å². The van der Waals surface area contributed by atoms with Gasteiger partial charge in [-0.1, -0.05) is 12.8 Å². The lowest BCUT2D eigenvalue weighted by Gasteiger charge is -2.26. The lowest BCUT2D eigenvalue weighted by atomic mass is 10.1. The highest BCUT2D eigenvalue weighted by Crippen LogP contribution is 2.12. The minimum atomic E-state index is 0.351. The number of nitrogens with zero attached hydrogens (tertiary/aromatic N) is 3. The van der Waals surface area contributed by atoms with Crippen molar-refractivity contribution in [3.63, 3.8) is 0 Å². The maximum Gasteiger partial charge on any atom is 0.222 e. The molecule has 0 unspecified atom stereocenters. The molecule has 0 atom stereocenters. The second-order valence-corrected chi connectivity index (χ2v) is 6.12. The number of imidazole rings is 1. The Labute approximate surface area is 119 Å². The molecule has 0 saturated carbocycles. The van der Waals surface area contributed by atoms with Crippen LogP contribution in [0.15, 0.2) is 12.5 Å². The second kappa shape index (κ2) is 8.25. The Morgan fingerprint density at radius 1 is 1.21 bits per heavy atom. The van der Waals surface area contributed by atoms with Gasteiger partial charge in [0.2, 0.25) is 5.91 Å². The molecule has 5 heteroatoms. The summed E-state index contributed by atoms with van der Waals surface area (Å²) in [6.07, 6.45) is 11.7. The molecule has 1 fully saturated rings. The van der Waals surface area contributed by atoms with E-state index in [9.17, 15) is 4.79 Å². The molecule has 2 heterocycles. The number of hydrogen-bond donors (Lipinski definition) is 0. The lowest BCUT2D eigenvalue weighted by Crippen LogP contribution is -2.37. The molecule has 0 N–H and O–H groups in total. The van der Waals surface area contributed by atoms with Gasteiger partial charge in [-0.15, -0.1) is 0 Å². The van der Waals surface area contributed by atoms with E-state index in [0.29, 0.717) is 5.91 Å². The Morgan fingerprint density at radius 2 is 2.00 bits per heavy atom. The number of amides is 1. The summed E-state index contributed by atoms with van der Waals surface area (Å²) in [5.41, 5.74) is 0. The van der Waals surface area contributed by atoms with Crippen LogP contribution in [0, 0.1) is 6.20 Å². The lowest BCUT2D eigenvalue weighted by molar-refractivity contribution is -0.130. The number of rotatable bonds is 7. The zero-order valence-electron chi connectivity index (χ0n) is 11.4.